The van der Waals surface area contributed by atoms with E-state index in [9.17, 15) is 4.79 Å². The van der Waals surface area contributed by atoms with Crippen molar-refractivity contribution in [2.75, 3.05) is 18.0 Å². The molecule has 0 saturated carbocycles. The van der Waals surface area contributed by atoms with Crippen molar-refractivity contribution in [3.8, 4) is 5.75 Å². The smallest absolute Gasteiger partial charge is 0.261 e. The summed E-state index contributed by atoms with van der Waals surface area (Å²) in [5.41, 5.74) is 3.64. The Bertz CT molecular complexity index is 793. The molecule has 2 atom stereocenters. The summed E-state index contributed by atoms with van der Waals surface area (Å²) in [4.78, 5) is 15.2. The van der Waals surface area contributed by atoms with Crippen LogP contribution in [0.15, 0.2) is 48.5 Å². The number of carbonyl (C=O) groups is 1. The molecule has 1 aliphatic heterocycles. The van der Waals surface area contributed by atoms with E-state index in [4.69, 9.17) is 4.74 Å². The molecule has 30 heavy (non-hydrogen) atoms. The van der Waals surface area contributed by atoms with Gasteiger partial charge in [0.05, 0.1) is 6.04 Å². The van der Waals surface area contributed by atoms with E-state index < -0.39 is 6.10 Å². The highest BCUT2D eigenvalue weighted by molar-refractivity contribution is 5.81. The Hall–Kier alpha value is -2.49. The van der Waals surface area contributed by atoms with E-state index in [-0.39, 0.29) is 11.9 Å². The van der Waals surface area contributed by atoms with Gasteiger partial charge in [-0.1, -0.05) is 45.0 Å². The summed E-state index contributed by atoms with van der Waals surface area (Å²) < 4.78 is 5.95. The first-order valence-electron chi connectivity index (χ1n) is 11.4. The molecule has 4 nitrogen and oxygen atoms in total. The van der Waals surface area contributed by atoms with E-state index in [1.54, 1.807) is 0 Å². The molecular weight excluding hydrogens is 372 g/mol. The lowest BCUT2D eigenvalue weighted by Crippen LogP contribution is -2.39. The lowest BCUT2D eigenvalue weighted by molar-refractivity contribution is -0.128. The third-order valence-corrected chi connectivity index (χ3v) is 6.17. The van der Waals surface area contributed by atoms with Crippen LogP contribution in [0.5, 0.6) is 5.75 Å². The van der Waals surface area contributed by atoms with Crippen molar-refractivity contribution < 1.29 is 9.53 Å². The highest BCUT2D eigenvalue weighted by atomic mass is 16.5. The fourth-order valence-corrected chi connectivity index (χ4v) is 3.92. The number of anilines is 1. The molecule has 1 heterocycles. The predicted molar refractivity (Wildman–Crippen MR) is 124 cm³/mol. The van der Waals surface area contributed by atoms with Crippen LogP contribution in [0, 0.1) is 5.92 Å². The van der Waals surface area contributed by atoms with Gasteiger partial charge in [0.15, 0.2) is 6.10 Å². The van der Waals surface area contributed by atoms with Crippen LogP contribution in [0.1, 0.15) is 64.1 Å². The maximum absolute atomic E-state index is 12.8. The van der Waals surface area contributed by atoms with Crippen LogP contribution in [-0.4, -0.2) is 25.1 Å². The third kappa shape index (κ3) is 5.78. The molecule has 3 rings (SSSR count). The van der Waals surface area contributed by atoms with Gasteiger partial charge >= 0.3 is 0 Å². The Morgan fingerprint density at radius 2 is 1.70 bits per heavy atom. The predicted octanol–water partition coefficient (Wildman–Crippen LogP) is 5.52. The Morgan fingerprint density at radius 1 is 1.07 bits per heavy atom. The zero-order valence-electron chi connectivity index (χ0n) is 18.9. The van der Waals surface area contributed by atoms with Crippen molar-refractivity contribution in [2.24, 2.45) is 5.92 Å². The van der Waals surface area contributed by atoms with Gasteiger partial charge in [-0.15, -0.1) is 0 Å². The molecule has 2 aromatic carbocycles. The summed E-state index contributed by atoms with van der Waals surface area (Å²) in [6.07, 6.45) is 3.64. The lowest BCUT2D eigenvalue weighted by Gasteiger charge is -2.32. The zero-order chi connectivity index (χ0) is 21.5. The number of benzene rings is 2. The van der Waals surface area contributed by atoms with Crippen LogP contribution < -0.4 is 15.0 Å². The monoisotopic (exact) mass is 408 g/mol. The topological polar surface area (TPSA) is 41.6 Å². The molecule has 2 aromatic rings. The van der Waals surface area contributed by atoms with E-state index >= 15 is 0 Å². The molecule has 1 N–H and O–H groups in total. The maximum Gasteiger partial charge on any atom is 0.261 e. The molecule has 1 saturated heterocycles. The van der Waals surface area contributed by atoms with Gasteiger partial charge < -0.3 is 15.0 Å². The molecule has 162 valence electrons. The van der Waals surface area contributed by atoms with Crippen LogP contribution in [0.2, 0.25) is 0 Å². The van der Waals surface area contributed by atoms with E-state index in [1.807, 2.05) is 38.1 Å². The summed E-state index contributed by atoms with van der Waals surface area (Å²) in [5, 5.41) is 3.12. The number of piperidine rings is 1. The first-order chi connectivity index (χ1) is 14.5. The van der Waals surface area contributed by atoms with Crippen LogP contribution in [0.4, 0.5) is 5.69 Å². The van der Waals surface area contributed by atoms with E-state index in [0.717, 1.165) is 36.7 Å². The Labute approximate surface area is 181 Å². The molecule has 0 radical (unpaired) electrons. The number of amides is 1. The molecule has 0 spiro atoms. The molecule has 1 aliphatic rings. The SMILES string of the molecule is CCc1ccc(O[C@H](CC)C(=O)N[C@H](C)c2ccc(N3CCC(C)CC3)cc2)cc1. The molecule has 1 amide bonds. The first kappa shape index (κ1) is 22.2. The maximum atomic E-state index is 12.8. The quantitative estimate of drug-likeness (QED) is 0.625. The Morgan fingerprint density at radius 3 is 2.27 bits per heavy atom. The van der Waals surface area contributed by atoms with Crippen LogP contribution in [0.25, 0.3) is 0 Å². The molecule has 0 aromatic heterocycles. The molecule has 4 heteroatoms. The number of hydrogen-bond donors (Lipinski definition) is 1. The average Bonchev–Trinajstić information content (AvgIpc) is 2.78. The molecule has 0 aliphatic carbocycles. The lowest BCUT2D eigenvalue weighted by atomic mass is 9.98. The second-order valence-electron chi connectivity index (χ2n) is 8.50. The highest BCUT2D eigenvalue weighted by Crippen LogP contribution is 2.25. The minimum absolute atomic E-state index is 0.0620. The van der Waals surface area contributed by atoms with Crippen molar-refractivity contribution in [1.29, 1.82) is 0 Å². The van der Waals surface area contributed by atoms with Gasteiger partial charge in [0.25, 0.3) is 5.91 Å². The van der Waals surface area contributed by atoms with E-state index in [2.05, 4.69) is 48.3 Å². The minimum Gasteiger partial charge on any atom is -0.481 e. The number of rotatable bonds is 8. The standard InChI is InChI=1S/C26H36N2O2/c1-5-21-7-13-24(14-8-21)30-25(6-2)26(29)27-20(4)22-9-11-23(12-10-22)28-17-15-19(3)16-18-28/h7-14,19-20,25H,5-6,15-18H2,1-4H3,(H,27,29)/t20-,25-/m1/s1. The second kappa shape index (κ2) is 10.5. The zero-order valence-corrected chi connectivity index (χ0v) is 18.9. The van der Waals surface area contributed by atoms with Crippen molar-refractivity contribution in [1.82, 2.24) is 5.32 Å². The van der Waals surface area contributed by atoms with Gasteiger partial charge in [0.1, 0.15) is 5.75 Å². The van der Waals surface area contributed by atoms with Crippen molar-refractivity contribution in [3.05, 3.63) is 59.7 Å². The summed E-state index contributed by atoms with van der Waals surface area (Å²) in [5.74, 6) is 1.50. The van der Waals surface area contributed by atoms with Crippen molar-refractivity contribution >= 4 is 11.6 Å². The van der Waals surface area contributed by atoms with Crippen molar-refractivity contribution in [3.63, 3.8) is 0 Å². The number of aryl methyl sites for hydroxylation is 1. The largest absolute Gasteiger partial charge is 0.481 e. The Kier molecular flexibility index (Phi) is 7.78. The van der Waals surface area contributed by atoms with Crippen LogP contribution in [0.3, 0.4) is 0 Å². The Balaban J connectivity index is 1.56. The van der Waals surface area contributed by atoms with Gasteiger partial charge in [-0.05, 0) is 73.9 Å². The number of nitrogens with zero attached hydrogens (tertiary/aromatic N) is 1. The highest BCUT2D eigenvalue weighted by Gasteiger charge is 2.21. The van der Waals surface area contributed by atoms with Gasteiger partial charge in [-0.2, -0.15) is 0 Å². The third-order valence-electron chi connectivity index (χ3n) is 6.17. The second-order valence-corrected chi connectivity index (χ2v) is 8.50. The molecule has 1 fully saturated rings. The summed E-state index contributed by atoms with van der Waals surface area (Å²) in [6.45, 7) is 10.7. The molecule has 0 bridgehead atoms. The fourth-order valence-electron chi connectivity index (χ4n) is 3.92. The summed E-state index contributed by atoms with van der Waals surface area (Å²) in [6, 6.07) is 16.5. The number of hydrogen-bond acceptors (Lipinski definition) is 3. The number of carbonyl (C=O) groups excluding carboxylic acids is 1. The number of ether oxygens (including phenoxy) is 1. The van der Waals surface area contributed by atoms with Gasteiger partial charge in [-0.3, -0.25) is 4.79 Å². The minimum atomic E-state index is -0.491. The summed E-state index contributed by atoms with van der Waals surface area (Å²) in [7, 11) is 0. The van der Waals surface area contributed by atoms with Crippen LogP contribution in [-0.2, 0) is 11.2 Å². The molecular formula is C26H36N2O2. The molecule has 0 unspecified atom stereocenters. The van der Waals surface area contributed by atoms with Crippen LogP contribution >= 0.6 is 0 Å². The van der Waals surface area contributed by atoms with E-state index in [1.165, 1.54) is 24.1 Å². The van der Waals surface area contributed by atoms with Crippen molar-refractivity contribution in [2.45, 2.75) is 65.5 Å². The number of nitrogens with one attached hydrogen (secondary N) is 1. The normalized spacial score (nSPS) is 16.7. The fraction of sp³-hybridized carbons (Fsp3) is 0.500. The van der Waals surface area contributed by atoms with Gasteiger partial charge in [0, 0.05) is 18.8 Å². The first-order valence-corrected chi connectivity index (χ1v) is 11.4. The van der Waals surface area contributed by atoms with E-state index in [0.29, 0.717) is 6.42 Å². The summed E-state index contributed by atoms with van der Waals surface area (Å²) >= 11 is 0. The van der Waals surface area contributed by atoms with Gasteiger partial charge in [0.2, 0.25) is 0 Å². The average molecular weight is 409 g/mol. The van der Waals surface area contributed by atoms with Gasteiger partial charge in [-0.25, -0.2) is 0 Å².